The summed E-state index contributed by atoms with van der Waals surface area (Å²) in [6.45, 7) is 0. The van der Waals surface area contributed by atoms with Gasteiger partial charge in [-0.25, -0.2) is 9.78 Å². The monoisotopic (exact) mass is 283 g/mol. The van der Waals surface area contributed by atoms with Crippen LogP contribution in [0, 0.1) is 0 Å². The maximum Gasteiger partial charge on any atom is 0.416 e. The zero-order valence-electron chi connectivity index (χ0n) is 10.1. The Hall–Kier alpha value is -2.51. The van der Waals surface area contributed by atoms with Gasteiger partial charge in [0.25, 0.3) is 0 Å². The molecule has 0 aliphatic carbocycles. The Labute approximate surface area is 109 Å². The number of rotatable bonds is 1. The molecular formula is C12H8F3N3O2. The number of carbonyl (C=O) groups is 1. The smallest absolute Gasteiger partial charge is 0.416 e. The van der Waals surface area contributed by atoms with Gasteiger partial charge in [0, 0.05) is 13.2 Å². The summed E-state index contributed by atoms with van der Waals surface area (Å²) in [7, 11) is 1.50. The number of aryl methyl sites for hydroxylation is 1. The van der Waals surface area contributed by atoms with Crippen molar-refractivity contribution in [2.45, 2.75) is 6.18 Å². The van der Waals surface area contributed by atoms with Crippen molar-refractivity contribution in [3.05, 3.63) is 35.7 Å². The molecule has 0 saturated heterocycles. The molecule has 0 saturated carbocycles. The van der Waals surface area contributed by atoms with Gasteiger partial charge >= 0.3 is 12.1 Å². The second-order valence-corrected chi connectivity index (χ2v) is 4.36. The summed E-state index contributed by atoms with van der Waals surface area (Å²) in [5.41, 5.74) is -0.181. The van der Waals surface area contributed by atoms with Crippen LogP contribution in [0.25, 0.3) is 16.8 Å². The van der Waals surface area contributed by atoms with E-state index < -0.39 is 17.7 Å². The fraction of sp³-hybridized carbons (Fsp3) is 0.167. The van der Waals surface area contributed by atoms with E-state index in [9.17, 15) is 18.0 Å². The molecule has 0 unspecified atom stereocenters. The first-order chi connectivity index (χ1) is 9.29. The van der Waals surface area contributed by atoms with Crippen LogP contribution in [0.15, 0.2) is 24.4 Å². The molecule has 8 heteroatoms. The third-order valence-corrected chi connectivity index (χ3v) is 3.13. The Bertz CT molecular complexity index is 845. The molecule has 1 aromatic carbocycles. The van der Waals surface area contributed by atoms with Gasteiger partial charge in [-0.15, -0.1) is 0 Å². The molecular weight excluding hydrogens is 275 g/mol. The van der Waals surface area contributed by atoms with Gasteiger partial charge in [0.1, 0.15) is 5.69 Å². The molecule has 2 heterocycles. The van der Waals surface area contributed by atoms with Crippen LogP contribution < -0.4 is 0 Å². The second kappa shape index (κ2) is 3.75. The van der Waals surface area contributed by atoms with Crippen LogP contribution in [-0.2, 0) is 13.2 Å². The molecule has 5 nitrogen and oxygen atoms in total. The van der Waals surface area contributed by atoms with Crippen molar-refractivity contribution < 1.29 is 23.1 Å². The summed E-state index contributed by atoms with van der Waals surface area (Å²) in [6.07, 6.45) is -3.10. The van der Waals surface area contributed by atoms with Crippen molar-refractivity contribution in [1.29, 1.82) is 0 Å². The molecule has 104 valence electrons. The largest absolute Gasteiger partial charge is 0.477 e. The fourth-order valence-electron chi connectivity index (χ4n) is 2.14. The number of hydrogen-bond acceptors (Lipinski definition) is 2. The van der Waals surface area contributed by atoms with Crippen molar-refractivity contribution in [1.82, 2.24) is 14.0 Å². The average Bonchev–Trinajstić information content (AvgIpc) is 2.85. The maximum absolute atomic E-state index is 12.6. The van der Waals surface area contributed by atoms with Crippen molar-refractivity contribution in [2.24, 2.45) is 7.05 Å². The molecule has 0 fully saturated rings. The molecule has 0 aliphatic rings. The van der Waals surface area contributed by atoms with Gasteiger partial charge in [-0.3, -0.25) is 4.40 Å². The molecule has 0 spiro atoms. The molecule has 20 heavy (non-hydrogen) atoms. The molecule has 3 rings (SSSR count). The van der Waals surface area contributed by atoms with E-state index in [1.165, 1.54) is 28.3 Å². The summed E-state index contributed by atoms with van der Waals surface area (Å²) in [5, 5.41) is 9.00. The van der Waals surface area contributed by atoms with Crippen LogP contribution in [0.1, 0.15) is 16.1 Å². The van der Waals surface area contributed by atoms with Gasteiger partial charge in [-0.05, 0) is 18.2 Å². The van der Waals surface area contributed by atoms with Crippen molar-refractivity contribution in [3.8, 4) is 0 Å². The molecule has 0 atom stereocenters. The summed E-state index contributed by atoms with van der Waals surface area (Å²) < 4.78 is 40.7. The van der Waals surface area contributed by atoms with Crippen LogP contribution in [0.4, 0.5) is 13.2 Å². The van der Waals surface area contributed by atoms with Gasteiger partial charge in [0.05, 0.1) is 16.6 Å². The third kappa shape index (κ3) is 1.64. The SMILES string of the molecule is Cn1c(C(=O)O)cn2c3ccc(C(F)(F)F)cc3nc12. The average molecular weight is 283 g/mol. The molecule has 0 aliphatic heterocycles. The van der Waals surface area contributed by atoms with Crippen LogP contribution in [0.2, 0.25) is 0 Å². The minimum Gasteiger partial charge on any atom is -0.477 e. The standard InChI is InChI=1S/C12H8F3N3O2/c1-17-9(10(19)20)5-18-8-3-2-6(12(13,14)15)4-7(8)16-11(17)18/h2-5H,1H3,(H,19,20). The lowest BCUT2D eigenvalue weighted by molar-refractivity contribution is -0.137. The number of nitrogens with zero attached hydrogens (tertiary/aromatic N) is 3. The Morgan fingerprint density at radius 2 is 2.05 bits per heavy atom. The van der Waals surface area contributed by atoms with Crippen LogP contribution in [0.3, 0.4) is 0 Å². The minimum atomic E-state index is -4.43. The summed E-state index contributed by atoms with van der Waals surface area (Å²) in [5.74, 6) is -0.852. The molecule has 2 aromatic heterocycles. The van der Waals surface area contributed by atoms with Crippen LogP contribution in [0.5, 0.6) is 0 Å². The van der Waals surface area contributed by atoms with E-state index in [-0.39, 0.29) is 17.0 Å². The van der Waals surface area contributed by atoms with E-state index in [0.29, 0.717) is 5.52 Å². The highest BCUT2D eigenvalue weighted by Crippen LogP contribution is 2.31. The van der Waals surface area contributed by atoms with Gasteiger partial charge < -0.3 is 9.67 Å². The highest BCUT2D eigenvalue weighted by molar-refractivity contribution is 5.88. The first-order valence-corrected chi connectivity index (χ1v) is 5.57. The Morgan fingerprint density at radius 1 is 1.35 bits per heavy atom. The number of benzene rings is 1. The molecule has 0 radical (unpaired) electrons. The summed E-state index contributed by atoms with van der Waals surface area (Å²) in [6, 6.07) is 3.18. The topological polar surface area (TPSA) is 59.5 Å². The number of fused-ring (bicyclic) bond motifs is 3. The zero-order chi connectivity index (χ0) is 14.7. The lowest BCUT2D eigenvalue weighted by atomic mass is 10.2. The van der Waals surface area contributed by atoms with E-state index in [4.69, 9.17) is 5.11 Å². The Kier molecular flexibility index (Phi) is 2.35. The lowest BCUT2D eigenvalue weighted by Gasteiger charge is -2.05. The predicted octanol–water partition coefficient (Wildman–Crippen LogP) is 2.54. The van der Waals surface area contributed by atoms with E-state index in [2.05, 4.69) is 4.98 Å². The van der Waals surface area contributed by atoms with E-state index >= 15 is 0 Å². The number of alkyl halides is 3. The summed E-state index contributed by atoms with van der Waals surface area (Å²) >= 11 is 0. The number of halogens is 3. The number of imidazole rings is 2. The Morgan fingerprint density at radius 3 is 2.65 bits per heavy atom. The number of aromatic nitrogens is 3. The second-order valence-electron chi connectivity index (χ2n) is 4.36. The molecule has 3 aromatic rings. The number of aromatic carboxylic acids is 1. The number of hydrogen-bond donors (Lipinski definition) is 1. The highest BCUT2D eigenvalue weighted by atomic mass is 19.4. The fourth-order valence-corrected chi connectivity index (χ4v) is 2.14. The third-order valence-electron chi connectivity index (χ3n) is 3.13. The summed E-state index contributed by atoms with van der Waals surface area (Å²) in [4.78, 5) is 15.1. The van der Waals surface area contributed by atoms with Crippen molar-refractivity contribution in [2.75, 3.05) is 0 Å². The van der Waals surface area contributed by atoms with E-state index in [1.807, 2.05) is 0 Å². The van der Waals surface area contributed by atoms with E-state index in [1.54, 1.807) is 0 Å². The zero-order valence-corrected chi connectivity index (χ0v) is 10.1. The minimum absolute atomic E-state index is 0.00861. The quantitative estimate of drug-likeness (QED) is 0.746. The first-order valence-electron chi connectivity index (χ1n) is 5.57. The van der Waals surface area contributed by atoms with Crippen molar-refractivity contribution in [3.63, 3.8) is 0 Å². The highest BCUT2D eigenvalue weighted by Gasteiger charge is 2.31. The predicted molar refractivity (Wildman–Crippen MR) is 63.6 cm³/mol. The first kappa shape index (κ1) is 12.5. The Balaban J connectivity index is 2.31. The van der Waals surface area contributed by atoms with Gasteiger partial charge in [-0.2, -0.15) is 13.2 Å². The van der Waals surface area contributed by atoms with Gasteiger partial charge in [-0.1, -0.05) is 0 Å². The van der Waals surface area contributed by atoms with Gasteiger partial charge in [0.2, 0.25) is 5.78 Å². The molecule has 1 N–H and O–H groups in total. The number of carboxylic acids is 1. The maximum atomic E-state index is 12.6. The van der Waals surface area contributed by atoms with Gasteiger partial charge in [0.15, 0.2) is 0 Å². The van der Waals surface area contributed by atoms with E-state index in [0.717, 1.165) is 12.1 Å². The van der Waals surface area contributed by atoms with Crippen molar-refractivity contribution >= 4 is 22.8 Å². The molecule has 0 bridgehead atoms. The van der Waals surface area contributed by atoms with Crippen LogP contribution >= 0.6 is 0 Å². The lowest BCUT2D eigenvalue weighted by Crippen LogP contribution is -2.05. The molecule has 0 amide bonds. The normalized spacial score (nSPS) is 12.4. The number of carboxylic acid groups (broad SMARTS) is 1. The van der Waals surface area contributed by atoms with Crippen LogP contribution in [-0.4, -0.2) is 25.0 Å².